The summed E-state index contributed by atoms with van der Waals surface area (Å²) in [5.74, 6) is 7.52. The van der Waals surface area contributed by atoms with E-state index in [9.17, 15) is 16.8 Å². The van der Waals surface area contributed by atoms with Crippen LogP contribution in [0.5, 0.6) is 5.75 Å². The first-order valence-corrected chi connectivity index (χ1v) is 18.5. The molecule has 4 N–H and O–H groups in total. The van der Waals surface area contributed by atoms with Gasteiger partial charge in [-0.15, -0.1) is 11.3 Å². The van der Waals surface area contributed by atoms with E-state index in [0.717, 1.165) is 42.7 Å². The number of nitrogens with two attached hydrogens (primary N) is 1. The fraction of sp³-hybridized carbons (Fsp3) is 0.467. The molecule has 42 heavy (non-hydrogen) atoms. The Morgan fingerprint density at radius 1 is 1.10 bits per heavy atom. The van der Waals surface area contributed by atoms with Crippen molar-refractivity contribution in [2.75, 3.05) is 48.9 Å². The Kier molecular flexibility index (Phi) is 9.34. The van der Waals surface area contributed by atoms with Gasteiger partial charge in [0.25, 0.3) is 0 Å². The molecule has 12 heteroatoms. The molecule has 1 aliphatic carbocycles. The van der Waals surface area contributed by atoms with E-state index in [2.05, 4.69) is 52.5 Å². The maximum atomic E-state index is 11.8. The summed E-state index contributed by atoms with van der Waals surface area (Å²) in [6.07, 6.45) is 5.17. The van der Waals surface area contributed by atoms with Crippen molar-refractivity contribution in [1.82, 2.24) is 4.90 Å². The topological polar surface area (TPSA) is 131 Å². The fourth-order valence-corrected chi connectivity index (χ4v) is 8.89. The van der Waals surface area contributed by atoms with Crippen molar-refractivity contribution < 1.29 is 21.6 Å². The molecule has 0 atom stereocenters. The average molecular weight is 631 g/mol. The number of anilines is 2. The Labute approximate surface area is 252 Å². The zero-order valence-corrected chi connectivity index (χ0v) is 26.4. The number of aryl methyl sites for hydroxylation is 1. The Balaban J connectivity index is 1.24. The number of fused-ring (bicyclic) bond motifs is 1. The van der Waals surface area contributed by atoms with Crippen LogP contribution < -0.4 is 20.5 Å². The van der Waals surface area contributed by atoms with E-state index in [0.29, 0.717) is 43.2 Å². The van der Waals surface area contributed by atoms with Gasteiger partial charge in [-0.2, -0.15) is 0 Å². The van der Waals surface area contributed by atoms with Gasteiger partial charge in [-0.1, -0.05) is 30.9 Å². The molecule has 1 aliphatic heterocycles. The molecule has 1 aromatic heterocycles. The van der Waals surface area contributed by atoms with Crippen LogP contribution in [-0.4, -0.2) is 72.1 Å². The minimum absolute atomic E-state index is 0.00840. The predicted molar refractivity (Wildman–Crippen MR) is 171 cm³/mol. The lowest BCUT2D eigenvalue weighted by atomic mass is 9.90. The Hall–Kier alpha value is -2.82. The number of hydrogen-bond donors (Lipinski definition) is 3. The quantitative estimate of drug-likeness (QED) is 0.318. The summed E-state index contributed by atoms with van der Waals surface area (Å²) in [4.78, 5) is 3.41. The monoisotopic (exact) mass is 630 g/mol. The standard InChI is InChI=1S/C30H38N4O5S3/c1-3-24-25-6-4-7-27(33-21-9-11-22(12-10-21)34-16-18-41(35,36)19-17-34)30(25)40-29(24)8-5-15-32-26-14-13-23(42(31,37)38)20-28(26)39-2/h4,6-7,13-14,20-22,32-33H,3,9-12,15-19H2,1-2H3,(H2,31,37,38). The van der Waals surface area contributed by atoms with Gasteiger partial charge in [0.05, 0.1) is 51.0 Å². The van der Waals surface area contributed by atoms with Gasteiger partial charge < -0.3 is 15.4 Å². The second-order valence-corrected chi connectivity index (χ2v) is 15.7. The average Bonchev–Trinajstić information content (AvgIpc) is 3.33. The highest BCUT2D eigenvalue weighted by atomic mass is 32.2. The smallest absolute Gasteiger partial charge is 0.238 e. The number of rotatable bonds is 8. The van der Waals surface area contributed by atoms with Crippen LogP contribution in [-0.2, 0) is 26.3 Å². The number of sulfone groups is 1. The zero-order valence-electron chi connectivity index (χ0n) is 24.0. The van der Waals surface area contributed by atoms with Crippen LogP contribution in [0.4, 0.5) is 11.4 Å². The van der Waals surface area contributed by atoms with E-state index >= 15 is 0 Å². The maximum absolute atomic E-state index is 11.8. The van der Waals surface area contributed by atoms with Gasteiger partial charge >= 0.3 is 0 Å². The van der Waals surface area contributed by atoms with E-state index in [-0.39, 0.29) is 16.4 Å². The van der Waals surface area contributed by atoms with E-state index in [1.807, 2.05) is 0 Å². The number of ether oxygens (including phenoxy) is 1. The number of benzene rings is 2. The second-order valence-electron chi connectivity index (χ2n) is 10.8. The third kappa shape index (κ3) is 7.03. The van der Waals surface area contributed by atoms with Crippen LogP contribution in [0.2, 0.25) is 0 Å². The molecule has 2 fully saturated rings. The number of sulfonamides is 1. The largest absolute Gasteiger partial charge is 0.495 e. The van der Waals surface area contributed by atoms with Crippen molar-refractivity contribution in [2.45, 2.75) is 56.0 Å². The van der Waals surface area contributed by atoms with Crippen LogP contribution in [0.3, 0.4) is 0 Å². The first-order chi connectivity index (χ1) is 20.1. The lowest BCUT2D eigenvalue weighted by Gasteiger charge is -2.39. The normalized spacial score (nSPS) is 20.9. The molecule has 0 amide bonds. The Morgan fingerprint density at radius 3 is 2.50 bits per heavy atom. The summed E-state index contributed by atoms with van der Waals surface area (Å²) in [5.41, 5.74) is 3.02. The lowest BCUT2D eigenvalue weighted by Crippen LogP contribution is -2.48. The molecule has 2 aromatic carbocycles. The number of thiophene rings is 1. The molecule has 0 bridgehead atoms. The van der Waals surface area contributed by atoms with Gasteiger partial charge in [0.1, 0.15) is 5.75 Å². The molecule has 1 saturated carbocycles. The van der Waals surface area contributed by atoms with Gasteiger partial charge in [-0.05, 0) is 61.3 Å². The molecule has 2 heterocycles. The minimum atomic E-state index is -3.82. The third-order valence-electron chi connectivity index (χ3n) is 8.19. The van der Waals surface area contributed by atoms with Crippen molar-refractivity contribution in [3.63, 3.8) is 0 Å². The van der Waals surface area contributed by atoms with Crippen LogP contribution in [0.15, 0.2) is 41.3 Å². The van der Waals surface area contributed by atoms with Crippen LogP contribution in [0, 0.1) is 11.8 Å². The first-order valence-electron chi connectivity index (χ1n) is 14.3. The highest BCUT2D eigenvalue weighted by Crippen LogP contribution is 2.38. The molecule has 3 aromatic rings. The SMILES string of the molecule is CCc1c(C#CCNc2ccc(S(N)(=O)=O)cc2OC)sc2c(NC3CCC(N4CCS(=O)(=O)CC4)CC3)cccc12. The molecular weight excluding hydrogens is 593 g/mol. The molecule has 2 aliphatic rings. The molecule has 0 unspecified atom stereocenters. The van der Waals surface area contributed by atoms with Crippen molar-refractivity contribution in [3.8, 4) is 17.6 Å². The summed E-state index contributed by atoms with van der Waals surface area (Å²) in [6.45, 7) is 3.84. The van der Waals surface area contributed by atoms with Crippen LogP contribution >= 0.6 is 11.3 Å². The summed E-state index contributed by atoms with van der Waals surface area (Å²) in [6, 6.07) is 11.7. The Bertz CT molecular complexity index is 1700. The van der Waals surface area contributed by atoms with Crippen molar-refractivity contribution >= 4 is 52.7 Å². The van der Waals surface area contributed by atoms with Gasteiger partial charge in [0.2, 0.25) is 10.0 Å². The van der Waals surface area contributed by atoms with Crippen molar-refractivity contribution in [2.24, 2.45) is 5.14 Å². The zero-order chi connectivity index (χ0) is 29.9. The van der Waals surface area contributed by atoms with E-state index < -0.39 is 19.9 Å². The molecule has 1 saturated heterocycles. The van der Waals surface area contributed by atoms with Gasteiger partial charge in [0.15, 0.2) is 9.84 Å². The molecule has 9 nitrogen and oxygen atoms in total. The van der Waals surface area contributed by atoms with E-state index in [1.165, 1.54) is 34.9 Å². The third-order valence-corrected chi connectivity index (χ3v) is 11.9. The van der Waals surface area contributed by atoms with Gasteiger partial charge in [-0.3, -0.25) is 4.90 Å². The molecule has 0 spiro atoms. The Morgan fingerprint density at radius 2 is 1.83 bits per heavy atom. The second kappa shape index (κ2) is 12.8. The number of hydrogen-bond acceptors (Lipinski definition) is 9. The molecule has 0 radical (unpaired) electrons. The molecule has 5 rings (SSSR count). The summed E-state index contributed by atoms with van der Waals surface area (Å²) < 4.78 is 53.5. The highest BCUT2D eigenvalue weighted by Gasteiger charge is 2.30. The van der Waals surface area contributed by atoms with Crippen molar-refractivity contribution in [3.05, 3.63) is 46.8 Å². The lowest BCUT2D eigenvalue weighted by molar-refractivity contribution is 0.164. The molecular formula is C30H38N4O5S3. The number of methoxy groups -OCH3 is 1. The van der Waals surface area contributed by atoms with E-state index in [4.69, 9.17) is 9.88 Å². The maximum Gasteiger partial charge on any atom is 0.238 e. The number of nitrogens with zero attached hydrogens (tertiary/aromatic N) is 1. The summed E-state index contributed by atoms with van der Waals surface area (Å²) >= 11 is 1.71. The first kappa shape index (κ1) is 30.6. The highest BCUT2D eigenvalue weighted by molar-refractivity contribution is 7.91. The summed E-state index contributed by atoms with van der Waals surface area (Å²) in [5, 5.41) is 13.5. The van der Waals surface area contributed by atoms with Crippen LogP contribution in [0.25, 0.3) is 10.1 Å². The fourth-order valence-electron chi connectivity index (χ4n) is 5.89. The number of primary sulfonamides is 1. The summed E-state index contributed by atoms with van der Waals surface area (Å²) in [7, 11) is -5.19. The van der Waals surface area contributed by atoms with Crippen molar-refractivity contribution in [1.29, 1.82) is 0 Å². The van der Waals surface area contributed by atoms with Crippen LogP contribution in [0.1, 0.15) is 43.0 Å². The van der Waals surface area contributed by atoms with E-state index in [1.54, 1.807) is 17.4 Å². The number of nitrogens with one attached hydrogen (secondary N) is 2. The van der Waals surface area contributed by atoms with Gasteiger partial charge in [0, 0.05) is 31.2 Å². The van der Waals surface area contributed by atoms with Gasteiger partial charge in [-0.25, -0.2) is 22.0 Å². The minimum Gasteiger partial charge on any atom is -0.495 e. The predicted octanol–water partition coefficient (Wildman–Crippen LogP) is 4.04. The molecule has 226 valence electrons.